The summed E-state index contributed by atoms with van der Waals surface area (Å²) in [5, 5.41) is 12.3. The molecule has 2 saturated heterocycles. The molecule has 9 nitrogen and oxygen atoms in total. The highest BCUT2D eigenvalue weighted by atomic mass is 16.3. The van der Waals surface area contributed by atoms with Crippen LogP contribution in [0.5, 0.6) is 0 Å². The van der Waals surface area contributed by atoms with Crippen LogP contribution in [0.4, 0.5) is 11.6 Å². The summed E-state index contributed by atoms with van der Waals surface area (Å²) in [5.41, 5.74) is 3.74. The van der Waals surface area contributed by atoms with Crippen molar-refractivity contribution in [1.29, 1.82) is 0 Å². The predicted octanol–water partition coefficient (Wildman–Crippen LogP) is 1.42. The van der Waals surface area contributed by atoms with E-state index in [4.69, 9.17) is 5.11 Å². The molecule has 1 aromatic carbocycles. The number of aliphatic hydroxyl groups is 1. The second-order valence-corrected chi connectivity index (χ2v) is 10.1. The molecule has 1 aromatic heterocycles. The van der Waals surface area contributed by atoms with Gasteiger partial charge in [0.15, 0.2) is 11.6 Å². The number of fused-ring (bicyclic) bond motifs is 1. The van der Waals surface area contributed by atoms with Gasteiger partial charge in [-0.3, -0.25) is 19.4 Å². The number of aromatic nitrogens is 2. The minimum atomic E-state index is -0.193. The molecular formula is C28H36N6O3. The van der Waals surface area contributed by atoms with E-state index in [2.05, 4.69) is 30.0 Å². The summed E-state index contributed by atoms with van der Waals surface area (Å²) in [6, 6.07) is 6.39. The molecule has 0 bridgehead atoms. The zero-order valence-electron chi connectivity index (χ0n) is 21.5. The Labute approximate surface area is 218 Å². The molecule has 0 unspecified atom stereocenters. The number of Topliss-reactive ketones (excluding diaryl/α,β-unsaturated/α-hetero) is 2. The van der Waals surface area contributed by atoms with Gasteiger partial charge in [0.1, 0.15) is 0 Å². The van der Waals surface area contributed by atoms with Crippen molar-refractivity contribution in [2.75, 3.05) is 69.7 Å². The van der Waals surface area contributed by atoms with Crippen LogP contribution < -0.4 is 10.2 Å². The molecule has 3 aliphatic rings. The fraction of sp³-hybridized carbons (Fsp3) is 0.500. The third kappa shape index (κ3) is 5.74. The van der Waals surface area contributed by atoms with Crippen molar-refractivity contribution < 1.29 is 14.7 Å². The fourth-order valence-corrected chi connectivity index (χ4v) is 5.71. The number of β-amino-alcohol motifs (C(OH)–C–C–N with tert-alkyl or cyclic N) is 1. The Kier molecular flexibility index (Phi) is 7.93. The zero-order chi connectivity index (χ0) is 25.8. The van der Waals surface area contributed by atoms with Crippen LogP contribution in [0.2, 0.25) is 0 Å². The number of nitrogens with one attached hydrogen (secondary N) is 1. The molecule has 0 radical (unpaired) electrons. The number of anilines is 2. The van der Waals surface area contributed by atoms with Crippen LogP contribution in [-0.2, 0) is 22.4 Å². The lowest BCUT2D eigenvalue weighted by atomic mass is 9.87. The van der Waals surface area contributed by atoms with Crippen molar-refractivity contribution in [3.63, 3.8) is 0 Å². The van der Waals surface area contributed by atoms with Crippen LogP contribution >= 0.6 is 0 Å². The Morgan fingerprint density at radius 3 is 2.49 bits per heavy atom. The molecule has 37 heavy (non-hydrogen) atoms. The highest BCUT2D eigenvalue weighted by Gasteiger charge is 2.29. The third-order valence-electron chi connectivity index (χ3n) is 7.86. The standard InChI is InChI=1S/C28H36N6O3/c1-29-25-4-2-3-21-16-24(27(37)17-23(21)25)26(36)15-20-18-30-28(31-19-20)34-7-5-22(6-8-34)33-11-9-32(10-12-33)13-14-35/h2-4,16,18-19,22,29,35H,5-15,17H2,1H3. The number of allylic oxidation sites excluding steroid dienone is 1. The molecule has 2 aliphatic heterocycles. The highest BCUT2D eigenvalue weighted by Crippen LogP contribution is 2.29. The minimum Gasteiger partial charge on any atom is -0.395 e. The largest absolute Gasteiger partial charge is 0.395 e. The van der Waals surface area contributed by atoms with Gasteiger partial charge in [0.2, 0.25) is 5.95 Å². The molecule has 2 aromatic rings. The average molecular weight is 505 g/mol. The lowest BCUT2D eigenvalue weighted by Gasteiger charge is -2.42. The molecule has 2 fully saturated rings. The number of rotatable bonds is 8. The second-order valence-electron chi connectivity index (χ2n) is 10.1. The van der Waals surface area contributed by atoms with E-state index in [1.165, 1.54) is 0 Å². The van der Waals surface area contributed by atoms with Crippen LogP contribution in [0, 0.1) is 0 Å². The molecule has 5 rings (SSSR count). The molecule has 196 valence electrons. The molecular weight excluding hydrogens is 468 g/mol. The van der Waals surface area contributed by atoms with Crippen molar-refractivity contribution in [3.8, 4) is 0 Å². The van der Waals surface area contributed by atoms with E-state index >= 15 is 0 Å². The van der Waals surface area contributed by atoms with Crippen molar-refractivity contribution >= 4 is 29.3 Å². The topological polar surface area (TPSA) is 102 Å². The SMILES string of the molecule is CNc1cccc2c1CC(=O)C(C(=O)Cc1cnc(N3CCC(N4CCN(CCO)CC4)CC3)nc1)=C2. The summed E-state index contributed by atoms with van der Waals surface area (Å²) < 4.78 is 0. The lowest BCUT2D eigenvalue weighted by Crippen LogP contribution is -2.53. The lowest BCUT2D eigenvalue weighted by molar-refractivity contribution is -0.120. The number of ketones is 2. The maximum absolute atomic E-state index is 13.0. The number of aliphatic hydroxyl groups excluding tert-OH is 1. The van der Waals surface area contributed by atoms with Gasteiger partial charge >= 0.3 is 0 Å². The maximum atomic E-state index is 13.0. The second kappa shape index (κ2) is 11.5. The van der Waals surface area contributed by atoms with Gasteiger partial charge in [0.25, 0.3) is 0 Å². The van der Waals surface area contributed by atoms with Crippen molar-refractivity contribution in [2.45, 2.75) is 31.7 Å². The molecule has 1 aliphatic carbocycles. The summed E-state index contributed by atoms with van der Waals surface area (Å²) >= 11 is 0. The minimum absolute atomic E-state index is 0.114. The molecule has 3 heterocycles. The zero-order valence-corrected chi connectivity index (χ0v) is 21.5. The normalized spacial score (nSPS) is 19.5. The van der Waals surface area contributed by atoms with Gasteiger partial charge in [-0.25, -0.2) is 9.97 Å². The van der Waals surface area contributed by atoms with Crippen LogP contribution in [-0.4, -0.2) is 102 Å². The number of piperazine rings is 1. The summed E-state index contributed by atoms with van der Waals surface area (Å²) in [6.07, 6.45) is 7.65. The summed E-state index contributed by atoms with van der Waals surface area (Å²) in [5.74, 6) is 0.362. The first-order valence-electron chi connectivity index (χ1n) is 13.3. The number of hydrogen-bond acceptors (Lipinski definition) is 9. The number of benzene rings is 1. The molecule has 0 atom stereocenters. The van der Waals surface area contributed by atoms with Gasteiger partial charge in [-0.15, -0.1) is 0 Å². The number of nitrogens with zero attached hydrogens (tertiary/aromatic N) is 5. The summed E-state index contributed by atoms with van der Waals surface area (Å²) in [4.78, 5) is 41.9. The van der Waals surface area contributed by atoms with Gasteiger partial charge in [-0.1, -0.05) is 12.1 Å². The van der Waals surface area contributed by atoms with E-state index in [0.29, 0.717) is 17.6 Å². The maximum Gasteiger partial charge on any atom is 0.225 e. The van der Waals surface area contributed by atoms with E-state index < -0.39 is 0 Å². The van der Waals surface area contributed by atoms with Crippen molar-refractivity contribution in [1.82, 2.24) is 19.8 Å². The molecule has 0 saturated carbocycles. The number of carbonyl (C=O) groups is 2. The Balaban J connectivity index is 1.15. The van der Waals surface area contributed by atoms with Gasteiger partial charge in [-0.05, 0) is 41.7 Å². The highest BCUT2D eigenvalue weighted by molar-refractivity contribution is 6.25. The predicted molar refractivity (Wildman–Crippen MR) is 144 cm³/mol. The molecule has 0 spiro atoms. The van der Waals surface area contributed by atoms with E-state index in [-0.39, 0.29) is 36.6 Å². The fourth-order valence-electron chi connectivity index (χ4n) is 5.71. The van der Waals surface area contributed by atoms with Crippen molar-refractivity contribution in [2.24, 2.45) is 0 Å². The molecule has 9 heteroatoms. The number of hydrogen-bond donors (Lipinski definition) is 2. The van der Waals surface area contributed by atoms with Gasteiger partial charge < -0.3 is 15.3 Å². The number of piperidine rings is 1. The first-order chi connectivity index (χ1) is 18.1. The van der Waals surface area contributed by atoms with E-state index in [1.807, 2.05) is 25.2 Å². The first-order valence-corrected chi connectivity index (χ1v) is 13.3. The Bertz CT molecular complexity index is 1150. The van der Waals surface area contributed by atoms with Gasteiger partial charge in [0, 0.05) is 89.8 Å². The van der Waals surface area contributed by atoms with E-state index in [1.54, 1.807) is 18.5 Å². The van der Waals surface area contributed by atoms with Crippen LogP contribution in [0.1, 0.15) is 29.5 Å². The molecule has 2 N–H and O–H groups in total. The van der Waals surface area contributed by atoms with Gasteiger partial charge in [-0.2, -0.15) is 0 Å². The average Bonchev–Trinajstić information content (AvgIpc) is 2.93. The first kappa shape index (κ1) is 25.5. The van der Waals surface area contributed by atoms with Crippen LogP contribution in [0.15, 0.2) is 36.2 Å². The van der Waals surface area contributed by atoms with Gasteiger partial charge in [0.05, 0.1) is 12.2 Å². The summed E-state index contributed by atoms with van der Waals surface area (Å²) in [7, 11) is 1.83. The Morgan fingerprint density at radius 1 is 1.08 bits per heavy atom. The Hall–Kier alpha value is -3.14. The third-order valence-corrected chi connectivity index (χ3v) is 7.86. The molecule has 0 amide bonds. The van der Waals surface area contributed by atoms with Crippen LogP contribution in [0.3, 0.4) is 0 Å². The van der Waals surface area contributed by atoms with E-state index in [0.717, 1.165) is 75.5 Å². The Morgan fingerprint density at radius 2 is 1.81 bits per heavy atom. The smallest absolute Gasteiger partial charge is 0.225 e. The number of carbonyl (C=O) groups excluding carboxylic acids is 2. The van der Waals surface area contributed by atoms with Crippen LogP contribution in [0.25, 0.3) is 6.08 Å². The van der Waals surface area contributed by atoms with Crippen molar-refractivity contribution in [3.05, 3.63) is 52.9 Å². The quantitative estimate of drug-likeness (QED) is 0.517. The van der Waals surface area contributed by atoms with E-state index in [9.17, 15) is 9.59 Å². The monoisotopic (exact) mass is 504 g/mol. The summed E-state index contributed by atoms with van der Waals surface area (Å²) in [6.45, 7) is 6.99.